The Labute approximate surface area is 118 Å². The molecule has 1 aromatic carbocycles. The number of pyridine rings is 1. The maximum Gasteiger partial charge on any atom is 0.244 e. The number of hydrogen-bond acceptors (Lipinski definition) is 4. The Kier molecular flexibility index (Phi) is 4.06. The predicted octanol–water partition coefficient (Wildman–Crippen LogP) is 2.17. The highest BCUT2D eigenvalue weighted by atomic mass is 32.2. The van der Waals surface area contributed by atoms with Gasteiger partial charge in [0, 0.05) is 25.5 Å². The molecule has 0 bridgehead atoms. The second-order valence-corrected chi connectivity index (χ2v) is 6.47. The van der Waals surface area contributed by atoms with Crippen molar-refractivity contribution in [3.05, 3.63) is 54.4 Å². The Morgan fingerprint density at radius 2 is 1.85 bits per heavy atom. The van der Waals surface area contributed by atoms with E-state index in [1.165, 1.54) is 41.9 Å². The van der Waals surface area contributed by atoms with Gasteiger partial charge in [0.2, 0.25) is 10.0 Å². The first-order chi connectivity index (χ1) is 9.43. The van der Waals surface area contributed by atoms with Crippen LogP contribution in [0.2, 0.25) is 0 Å². The Hall–Kier alpha value is -1.92. The standard InChI is InChI=1S/C14H16N2O3S/c1-11(12-5-7-13(17)8-6-12)16(2)20(18,19)14-4-3-9-15-10-14/h3-11,17H,1-2H3. The maximum atomic E-state index is 12.5. The minimum Gasteiger partial charge on any atom is -0.508 e. The first-order valence-electron chi connectivity index (χ1n) is 6.10. The monoisotopic (exact) mass is 292 g/mol. The van der Waals surface area contributed by atoms with Crippen LogP contribution in [-0.4, -0.2) is 29.9 Å². The van der Waals surface area contributed by atoms with Crippen LogP contribution >= 0.6 is 0 Å². The van der Waals surface area contributed by atoms with Crippen LogP contribution in [0.4, 0.5) is 0 Å². The zero-order valence-electron chi connectivity index (χ0n) is 11.3. The molecule has 0 amide bonds. The molecule has 2 rings (SSSR count). The highest BCUT2D eigenvalue weighted by Gasteiger charge is 2.26. The van der Waals surface area contributed by atoms with Crippen LogP contribution < -0.4 is 0 Å². The topological polar surface area (TPSA) is 70.5 Å². The fourth-order valence-corrected chi connectivity index (χ4v) is 3.15. The number of phenols is 1. The molecule has 0 radical (unpaired) electrons. The molecule has 0 aliphatic rings. The number of phenolic OH excluding ortho intramolecular Hbond substituents is 1. The van der Waals surface area contributed by atoms with Gasteiger partial charge in [0.15, 0.2) is 0 Å². The van der Waals surface area contributed by atoms with Crippen LogP contribution in [0.15, 0.2) is 53.7 Å². The largest absolute Gasteiger partial charge is 0.508 e. The SMILES string of the molecule is CC(c1ccc(O)cc1)N(C)S(=O)(=O)c1cccnc1. The fraction of sp³-hybridized carbons (Fsp3) is 0.214. The molecule has 0 aliphatic heterocycles. The second-order valence-electron chi connectivity index (χ2n) is 4.48. The predicted molar refractivity (Wildman–Crippen MR) is 75.7 cm³/mol. The van der Waals surface area contributed by atoms with Gasteiger partial charge in [-0.25, -0.2) is 8.42 Å². The summed E-state index contributed by atoms with van der Waals surface area (Å²) in [6.07, 6.45) is 2.86. The molecule has 0 saturated carbocycles. The molecule has 5 nitrogen and oxygen atoms in total. The molecule has 0 spiro atoms. The number of benzene rings is 1. The van der Waals surface area contributed by atoms with Crippen LogP contribution in [0, 0.1) is 0 Å². The van der Waals surface area contributed by atoms with E-state index in [1.807, 2.05) is 0 Å². The third-order valence-electron chi connectivity index (χ3n) is 3.23. The zero-order chi connectivity index (χ0) is 14.8. The molecule has 0 fully saturated rings. The van der Waals surface area contributed by atoms with Crippen LogP contribution in [0.5, 0.6) is 5.75 Å². The Bertz CT molecular complexity index is 669. The van der Waals surface area contributed by atoms with Gasteiger partial charge in [0.25, 0.3) is 0 Å². The van der Waals surface area contributed by atoms with Crippen molar-refractivity contribution in [2.45, 2.75) is 17.9 Å². The highest BCUT2D eigenvalue weighted by molar-refractivity contribution is 7.89. The van der Waals surface area contributed by atoms with Crippen molar-refractivity contribution in [1.82, 2.24) is 9.29 Å². The number of rotatable bonds is 4. The molecule has 1 unspecified atom stereocenters. The normalized spacial score (nSPS) is 13.3. The third-order valence-corrected chi connectivity index (χ3v) is 5.14. The van der Waals surface area contributed by atoms with E-state index in [4.69, 9.17) is 0 Å². The van der Waals surface area contributed by atoms with Crippen LogP contribution in [0.1, 0.15) is 18.5 Å². The van der Waals surface area contributed by atoms with Crippen LogP contribution in [0.3, 0.4) is 0 Å². The molecule has 20 heavy (non-hydrogen) atoms. The molecular formula is C14H16N2O3S. The molecular weight excluding hydrogens is 276 g/mol. The molecule has 0 saturated heterocycles. The maximum absolute atomic E-state index is 12.5. The van der Waals surface area contributed by atoms with Gasteiger partial charge >= 0.3 is 0 Å². The third kappa shape index (κ3) is 2.81. The van der Waals surface area contributed by atoms with Crippen LogP contribution in [-0.2, 0) is 10.0 Å². The summed E-state index contributed by atoms with van der Waals surface area (Å²) in [4.78, 5) is 4.00. The van der Waals surface area contributed by atoms with Gasteiger partial charge < -0.3 is 5.11 Å². The molecule has 1 aromatic heterocycles. The van der Waals surface area contributed by atoms with E-state index in [0.717, 1.165) is 5.56 Å². The van der Waals surface area contributed by atoms with Gasteiger partial charge in [0.1, 0.15) is 10.6 Å². The van der Waals surface area contributed by atoms with Gasteiger partial charge in [-0.3, -0.25) is 4.98 Å². The summed E-state index contributed by atoms with van der Waals surface area (Å²) in [6, 6.07) is 9.24. The van der Waals surface area contributed by atoms with Crippen molar-refractivity contribution in [2.75, 3.05) is 7.05 Å². The number of sulfonamides is 1. The number of aromatic nitrogens is 1. The zero-order valence-corrected chi connectivity index (χ0v) is 12.1. The van der Waals surface area contributed by atoms with Crippen molar-refractivity contribution in [3.8, 4) is 5.75 Å². The minimum atomic E-state index is -3.59. The van der Waals surface area contributed by atoms with E-state index in [9.17, 15) is 13.5 Å². The summed E-state index contributed by atoms with van der Waals surface area (Å²) in [5.74, 6) is 0.152. The summed E-state index contributed by atoms with van der Waals surface area (Å²) in [5.41, 5.74) is 0.803. The fourth-order valence-electron chi connectivity index (χ4n) is 1.84. The summed E-state index contributed by atoms with van der Waals surface area (Å²) < 4.78 is 26.2. The molecule has 1 heterocycles. The minimum absolute atomic E-state index is 0.152. The van der Waals surface area contributed by atoms with E-state index < -0.39 is 10.0 Å². The molecule has 106 valence electrons. The highest BCUT2D eigenvalue weighted by Crippen LogP contribution is 2.26. The first-order valence-corrected chi connectivity index (χ1v) is 7.54. The van der Waals surface area contributed by atoms with Crippen molar-refractivity contribution < 1.29 is 13.5 Å². The van der Waals surface area contributed by atoms with Crippen molar-refractivity contribution in [3.63, 3.8) is 0 Å². The summed E-state index contributed by atoms with van der Waals surface area (Å²) in [7, 11) is -2.06. The van der Waals surface area contributed by atoms with Crippen molar-refractivity contribution in [2.24, 2.45) is 0 Å². The second kappa shape index (κ2) is 5.60. The van der Waals surface area contributed by atoms with Gasteiger partial charge in [-0.1, -0.05) is 12.1 Å². The van der Waals surface area contributed by atoms with E-state index in [-0.39, 0.29) is 16.7 Å². The summed E-state index contributed by atoms with van der Waals surface area (Å²) >= 11 is 0. The van der Waals surface area contributed by atoms with E-state index >= 15 is 0 Å². The van der Waals surface area contributed by atoms with Crippen molar-refractivity contribution in [1.29, 1.82) is 0 Å². The number of aromatic hydroxyl groups is 1. The molecule has 1 atom stereocenters. The van der Waals surface area contributed by atoms with Gasteiger partial charge in [-0.15, -0.1) is 0 Å². The van der Waals surface area contributed by atoms with Crippen LogP contribution in [0.25, 0.3) is 0 Å². The average molecular weight is 292 g/mol. The lowest BCUT2D eigenvalue weighted by Gasteiger charge is -2.24. The molecule has 0 aliphatic carbocycles. The smallest absolute Gasteiger partial charge is 0.244 e. The Balaban J connectivity index is 2.31. The lowest BCUT2D eigenvalue weighted by atomic mass is 10.1. The number of nitrogens with zero attached hydrogens (tertiary/aromatic N) is 2. The molecule has 2 aromatic rings. The lowest BCUT2D eigenvalue weighted by molar-refractivity contribution is 0.397. The van der Waals surface area contributed by atoms with E-state index in [2.05, 4.69) is 4.98 Å². The number of hydrogen-bond donors (Lipinski definition) is 1. The Morgan fingerprint density at radius 3 is 2.40 bits per heavy atom. The van der Waals surface area contributed by atoms with Gasteiger partial charge in [0.05, 0.1) is 0 Å². The van der Waals surface area contributed by atoms with Gasteiger partial charge in [-0.05, 0) is 36.8 Å². The van der Waals surface area contributed by atoms with Crippen molar-refractivity contribution >= 4 is 10.0 Å². The van der Waals surface area contributed by atoms with E-state index in [1.54, 1.807) is 25.1 Å². The summed E-state index contributed by atoms with van der Waals surface area (Å²) in [5, 5.41) is 9.27. The Morgan fingerprint density at radius 1 is 1.20 bits per heavy atom. The summed E-state index contributed by atoms with van der Waals surface area (Å²) in [6.45, 7) is 1.79. The average Bonchev–Trinajstić information content (AvgIpc) is 2.47. The quantitative estimate of drug-likeness (QED) is 0.937. The molecule has 6 heteroatoms. The van der Waals surface area contributed by atoms with Gasteiger partial charge in [-0.2, -0.15) is 4.31 Å². The first kappa shape index (κ1) is 14.5. The molecule has 1 N–H and O–H groups in total. The lowest BCUT2D eigenvalue weighted by Crippen LogP contribution is -2.29. The van der Waals surface area contributed by atoms with E-state index in [0.29, 0.717) is 0 Å².